The van der Waals surface area contributed by atoms with Gasteiger partial charge in [-0.2, -0.15) is 9.61 Å². The van der Waals surface area contributed by atoms with E-state index >= 15 is 0 Å². The van der Waals surface area contributed by atoms with Crippen LogP contribution in [0.4, 0.5) is 0 Å². The summed E-state index contributed by atoms with van der Waals surface area (Å²) in [5, 5.41) is 15.3. The van der Waals surface area contributed by atoms with Crippen molar-refractivity contribution in [2.75, 3.05) is 26.2 Å². The minimum atomic E-state index is -0.0480. The molecular weight excluding hydrogens is 466 g/mol. The number of aromatic hydroxyl groups is 1. The smallest absolute Gasteiger partial charge is 0.230 e. The molecule has 5 aromatic rings. The Balaban J connectivity index is 1.31. The summed E-state index contributed by atoms with van der Waals surface area (Å²) in [5.41, 5.74) is 5.03. The van der Waals surface area contributed by atoms with E-state index in [1.54, 1.807) is 0 Å². The van der Waals surface area contributed by atoms with Gasteiger partial charge in [-0.05, 0) is 23.6 Å². The molecule has 7 heteroatoms. The summed E-state index contributed by atoms with van der Waals surface area (Å²) in [6.45, 7) is 5.74. The fourth-order valence-corrected chi connectivity index (χ4v) is 6.38. The minimum Gasteiger partial charge on any atom is -0.492 e. The normalized spacial score (nSPS) is 16.1. The van der Waals surface area contributed by atoms with Crippen molar-refractivity contribution in [3.8, 4) is 5.88 Å². The molecule has 1 N–H and O–H groups in total. The highest BCUT2D eigenvalue weighted by Gasteiger charge is 2.33. The van der Waals surface area contributed by atoms with Gasteiger partial charge in [-0.15, -0.1) is 0 Å². The second-order valence-corrected chi connectivity index (χ2v) is 10.4. The Kier molecular flexibility index (Phi) is 6.27. The zero-order valence-corrected chi connectivity index (χ0v) is 21.1. The van der Waals surface area contributed by atoms with Crippen molar-refractivity contribution in [2.45, 2.75) is 19.0 Å². The lowest BCUT2D eigenvalue weighted by Crippen LogP contribution is -2.49. The monoisotopic (exact) mass is 495 g/mol. The van der Waals surface area contributed by atoms with Gasteiger partial charge in [-0.3, -0.25) is 9.80 Å². The van der Waals surface area contributed by atoms with Crippen LogP contribution in [0.1, 0.15) is 39.2 Å². The summed E-state index contributed by atoms with van der Waals surface area (Å²) in [6, 6.07) is 30.4. The van der Waals surface area contributed by atoms with E-state index in [0.717, 1.165) is 31.1 Å². The predicted molar refractivity (Wildman–Crippen MR) is 143 cm³/mol. The second kappa shape index (κ2) is 9.85. The molecule has 6 nitrogen and oxygen atoms in total. The largest absolute Gasteiger partial charge is 0.492 e. The van der Waals surface area contributed by atoms with Crippen molar-refractivity contribution in [1.82, 2.24) is 24.4 Å². The lowest BCUT2D eigenvalue weighted by Gasteiger charge is -2.42. The van der Waals surface area contributed by atoms with Crippen LogP contribution in [-0.4, -0.2) is 55.7 Å². The molecule has 3 aromatic carbocycles. The van der Waals surface area contributed by atoms with Gasteiger partial charge in [0.15, 0.2) is 0 Å². The maximum atomic E-state index is 11.1. The van der Waals surface area contributed by atoms with Crippen molar-refractivity contribution >= 4 is 16.3 Å². The first-order valence-electron chi connectivity index (χ1n) is 12.3. The lowest BCUT2D eigenvalue weighted by atomic mass is 9.96. The van der Waals surface area contributed by atoms with E-state index in [9.17, 15) is 5.11 Å². The van der Waals surface area contributed by atoms with Gasteiger partial charge >= 0.3 is 0 Å². The Labute approximate surface area is 215 Å². The molecule has 1 unspecified atom stereocenters. The highest BCUT2D eigenvalue weighted by atomic mass is 32.1. The van der Waals surface area contributed by atoms with Gasteiger partial charge in [0.1, 0.15) is 6.33 Å². The second-order valence-electron chi connectivity index (χ2n) is 9.35. The fourth-order valence-electron chi connectivity index (χ4n) is 5.29. The predicted octanol–water partition coefficient (Wildman–Crippen LogP) is 5.30. The first-order valence-corrected chi connectivity index (χ1v) is 13.2. The van der Waals surface area contributed by atoms with Crippen LogP contribution in [0.5, 0.6) is 5.88 Å². The Morgan fingerprint density at radius 1 is 0.722 bits per heavy atom. The molecule has 3 heterocycles. The molecule has 1 aliphatic rings. The quantitative estimate of drug-likeness (QED) is 0.346. The Hall–Kier alpha value is -3.52. The minimum absolute atomic E-state index is 0.0480. The third-order valence-corrected chi connectivity index (χ3v) is 8.18. The Morgan fingerprint density at radius 3 is 1.81 bits per heavy atom. The molecule has 2 aromatic heterocycles. The van der Waals surface area contributed by atoms with Gasteiger partial charge in [-0.1, -0.05) is 102 Å². The number of fused-ring (bicyclic) bond motifs is 1. The number of thiazole rings is 1. The van der Waals surface area contributed by atoms with E-state index in [2.05, 4.69) is 112 Å². The maximum Gasteiger partial charge on any atom is 0.230 e. The van der Waals surface area contributed by atoms with Gasteiger partial charge < -0.3 is 5.11 Å². The number of aryl methyl sites for hydroxylation is 1. The number of benzene rings is 3. The van der Waals surface area contributed by atoms with Crippen molar-refractivity contribution < 1.29 is 5.11 Å². The van der Waals surface area contributed by atoms with Gasteiger partial charge in [-0.25, -0.2) is 4.98 Å². The molecule has 0 amide bonds. The molecule has 182 valence electrons. The van der Waals surface area contributed by atoms with Gasteiger partial charge in [0, 0.05) is 26.2 Å². The first-order chi connectivity index (χ1) is 17.7. The molecular formula is C29H29N5OS. The SMILES string of the molecule is Cc1ccc(C(c2sc3ncnn3c2O)N2CCN(C(c3ccccc3)c3ccccc3)CC2)cc1. The topological polar surface area (TPSA) is 56.9 Å². The van der Waals surface area contributed by atoms with Crippen molar-refractivity contribution in [3.63, 3.8) is 0 Å². The highest BCUT2D eigenvalue weighted by Crippen LogP contribution is 2.40. The van der Waals surface area contributed by atoms with E-state index in [-0.39, 0.29) is 18.0 Å². The third-order valence-electron chi connectivity index (χ3n) is 7.09. The molecule has 0 aliphatic carbocycles. The van der Waals surface area contributed by atoms with Crippen molar-refractivity contribution in [1.29, 1.82) is 0 Å². The van der Waals surface area contributed by atoms with E-state index in [1.807, 2.05) is 0 Å². The van der Waals surface area contributed by atoms with Crippen LogP contribution in [0, 0.1) is 6.92 Å². The fraction of sp³-hybridized carbons (Fsp3) is 0.241. The summed E-state index contributed by atoms with van der Waals surface area (Å²) in [5.74, 6) is 0.187. The molecule has 0 radical (unpaired) electrons. The summed E-state index contributed by atoms with van der Waals surface area (Å²) >= 11 is 1.52. The van der Waals surface area contributed by atoms with Crippen molar-refractivity contribution in [2.24, 2.45) is 0 Å². The van der Waals surface area contributed by atoms with Crippen LogP contribution in [0.2, 0.25) is 0 Å². The standard InChI is InChI=1S/C29H29N5OS/c1-21-12-14-24(15-13-21)26(27-28(35)34-29(36-27)30-20-31-34)33-18-16-32(17-19-33)25(22-8-4-2-5-9-22)23-10-6-3-7-11-23/h2-15,20,25-26,35H,16-19H2,1H3. The molecule has 0 saturated carbocycles. The van der Waals surface area contributed by atoms with Crippen LogP contribution in [0.25, 0.3) is 4.96 Å². The van der Waals surface area contributed by atoms with E-state index in [4.69, 9.17) is 0 Å². The molecule has 6 rings (SSSR count). The Bertz CT molecular complexity index is 1380. The molecule has 0 bridgehead atoms. The van der Waals surface area contributed by atoms with Crippen molar-refractivity contribution in [3.05, 3.63) is 118 Å². The van der Waals surface area contributed by atoms with E-state index < -0.39 is 0 Å². The molecule has 1 saturated heterocycles. The highest BCUT2D eigenvalue weighted by molar-refractivity contribution is 7.17. The van der Waals surface area contributed by atoms with Crippen LogP contribution in [-0.2, 0) is 0 Å². The zero-order valence-electron chi connectivity index (χ0n) is 20.2. The van der Waals surface area contributed by atoms with Gasteiger partial charge in [0.25, 0.3) is 0 Å². The number of piperazine rings is 1. The van der Waals surface area contributed by atoms with Crippen LogP contribution in [0.3, 0.4) is 0 Å². The summed E-state index contributed by atoms with van der Waals surface area (Å²) in [6.07, 6.45) is 1.49. The summed E-state index contributed by atoms with van der Waals surface area (Å²) in [4.78, 5) is 11.0. The van der Waals surface area contributed by atoms with Crippen LogP contribution >= 0.6 is 11.3 Å². The average Bonchev–Trinajstić information content (AvgIpc) is 3.51. The summed E-state index contributed by atoms with van der Waals surface area (Å²) < 4.78 is 1.54. The lowest BCUT2D eigenvalue weighted by molar-refractivity contribution is 0.0899. The molecule has 36 heavy (non-hydrogen) atoms. The molecule has 1 fully saturated rings. The van der Waals surface area contributed by atoms with Crippen LogP contribution in [0.15, 0.2) is 91.3 Å². The average molecular weight is 496 g/mol. The van der Waals surface area contributed by atoms with E-state index in [0.29, 0.717) is 4.96 Å². The third kappa shape index (κ3) is 4.30. The molecule has 1 aliphatic heterocycles. The number of hydrogen-bond acceptors (Lipinski definition) is 6. The summed E-state index contributed by atoms with van der Waals surface area (Å²) in [7, 11) is 0. The van der Waals surface area contributed by atoms with E-state index in [1.165, 1.54) is 44.4 Å². The van der Waals surface area contributed by atoms with Gasteiger partial charge in [0.2, 0.25) is 10.8 Å². The maximum absolute atomic E-state index is 11.1. The number of rotatable bonds is 6. The number of aromatic nitrogens is 3. The Morgan fingerprint density at radius 2 is 1.25 bits per heavy atom. The number of hydrogen-bond donors (Lipinski definition) is 1. The zero-order chi connectivity index (χ0) is 24.5. The van der Waals surface area contributed by atoms with Gasteiger partial charge in [0.05, 0.1) is 17.0 Å². The first kappa shape index (κ1) is 22.9. The van der Waals surface area contributed by atoms with Crippen LogP contribution < -0.4 is 0 Å². The molecule has 0 spiro atoms. The molecule has 1 atom stereocenters. The number of nitrogens with zero attached hydrogens (tertiary/aromatic N) is 5.